The predicted octanol–water partition coefficient (Wildman–Crippen LogP) is 4.05. The molecule has 1 aromatic carbocycles. The van der Waals surface area contributed by atoms with Crippen molar-refractivity contribution in [3.63, 3.8) is 0 Å². The first-order valence-electron chi connectivity index (χ1n) is 6.30. The summed E-state index contributed by atoms with van der Waals surface area (Å²) in [4.78, 5) is 0. The average molecular weight is 236 g/mol. The van der Waals surface area contributed by atoms with Gasteiger partial charge in [0.25, 0.3) is 0 Å². The number of para-hydroxylation sites is 1. The zero-order chi connectivity index (χ0) is 12.7. The Hall–Kier alpha value is -1.02. The zero-order valence-electron chi connectivity index (χ0n) is 11.4. The quantitative estimate of drug-likeness (QED) is 0.711. The summed E-state index contributed by atoms with van der Waals surface area (Å²) in [6, 6.07) is 9.98. The number of methoxy groups -OCH3 is 1. The standard InChI is InChI=1S/C15H24O2/c1-13(9-8-12-15(2,3)16-4)17-14-10-6-5-7-11-14/h5-7,10-11,13H,8-9,12H2,1-4H3. The van der Waals surface area contributed by atoms with Crippen LogP contribution in [0.3, 0.4) is 0 Å². The van der Waals surface area contributed by atoms with Crippen molar-refractivity contribution in [1.29, 1.82) is 0 Å². The molecule has 0 saturated heterocycles. The molecule has 0 spiro atoms. The zero-order valence-corrected chi connectivity index (χ0v) is 11.4. The molecule has 0 aliphatic heterocycles. The second kappa shape index (κ2) is 6.65. The molecular formula is C15H24O2. The summed E-state index contributed by atoms with van der Waals surface area (Å²) in [5.41, 5.74) is -0.0214. The summed E-state index contributed by atoms with van der Waals surface area (Å²) in [5, 5.41) is 0. The first-order chi connectivity index (χ1) is 8.03. The highest BCUT2D eigenvalue weighted by atomic mass is 16.5. The van der Waals surface area contributed by atoms with E-state index in [4.69, 9.17) is 9.47 Å². The lowest BCUT2D eigenvalue weighted by Crippen LogP contribution is -2.23. The molecule has 0 aliphatic carbocycles. The van der Waals surface area contributed by atoms with Crippen LogP contribution in [0.15, 0.2) is 30.3 Å². The summed E-state index contributed by atoms with van der Waals surface area (Å²) in [5.74, 6) is 0.950. The molecular weight excluding hydrogens is 212 g/mol. The van der Waals surface area contributed by atoms with Gasteiger partial charge < -0.3 is 9.47 Å². The van der Waals surface area contributed by atoms with Gasteiger partial charge >= 0.3 is 0 Å². The van der Waals surface area contributed by atoms with Crippen LogP contribution in [0.4, 0.5) is 0 Å². The Morgan fingerprint density at radius 1 is 1.18 bits per heavy atom. The van der Waals surface area contributed by atoms with Crippen LogP contribution in [0, 0.1) is 0 Å². The lowest BCUT2D eigenvalue weighted by atomic mass is 10.00. The predicted molar refractivity (Wildman–Crippen MR) is 71.5 cm³/mol. The maximum Gasteiger partial charge on any atom is 0.119 e. The van der Waals surface area contributed by atoms with Gasteiger partial charge in [-0.15, -0.1) is 0 Å². The van der Waals surface area contributed by atoms with Crippen LogP contribution >= 0.6 is 0 Å². The van der Waals surface area contributed by atoms with E-state index in [9.17, 15) is 0 Å². The molecule has 0 aliphatic rings. The summed E-state index contributed by atoms with van der Waals surface area (Å²) >= 11 is 0. The molecule has 2 heteroatoms. The molecule has 2 nitrogen and oxygen atoms in total. The van der Waals surface area contributed by atoms with E-state index in [2.05, 4.69) is 20.8 Å². The minimum Gasteiger partial charge on any atom is -0.491 e. The number of benzene rings is 1. The van der Waals surface area contributed by atoms with E-state index >= 15 is 0 Å². The fraction of sp³-hybridized carbons (Fsp3) is 0.600. The van der Waals surface area contributed by atoms with Crippen molar-refractivity contribution >= 4 is 0 Å². The fourth-order valence-electron chi connectivity index (χ4n) is 1.71. The van der Waals surface area contributed by atoms with Crippen molar-refractivity contribution in [1.82, 2.24) is 0 Å². The molecule has 0 saturated carbocycles. The maximum atomic E-state index is 5.82. The third-order valence-corrected chi connectivity index (χ3v) is 3.02. The van der Waals surface area contributed by atoms with Crippen LogP contribution in [0.5, 0.6) is 5.75 Å². The molecule has 0 N–H and O–H groups in total. The maximum absolute atomic E-state index is 5.82. The Kier molecular flexibility index (Phi) is 5.49. The Labute approximate surface area is 105 Å². The summed E-state index contributed by atoms with van der Waals surface area (Å²) in [7, 11) is 1.77. The second-order valence-corrected chi connectivity index (χ2v) is 5.10. The van der Waals surface area contributed by atoms with E-state index in [0.29, 0.717) is 0 Å². The van der Waals surface area contributed by atoms with Crippen molar-refractivity contribution in [2.24, 2.45) is 0 Å². The molecule has 0 heterocycles. The van der Waals surface area contributed by atoms with Crippen LogP contribution in [0.1, 0.15) is 40.0 Å². The van der Waals surface area contributed by atoms with E-state index in [0.717, 1.165) is 25.0 Å². The van der Waals surface area contributed by atoms with Gasteiger partial charge in [-0.05, 0) is 52.2 Å². The Morgan fingerprint density at radius 2 is 1.82 bits per heavy atom. The van der Waals surface area contributed by atoms with Gasteiger partial charge in [-0.3, -0.25) is 0 Å². The summed E-state index contributed by atoms with van der Waals surface area (Å²) in [6.07, 6.45) is 3.49. The van der Waals surface area contributed by atoms with Crippen LogP contribution in [-0.2, 0) is 4.74 Å². The number of hydrogen-bond acceptors (Lipinski definition) is 2. The highest BCUT2D eigenvalue weighted by Crippen LogP contribution is 2.19. The Balaban J connectivity index is 2.24. The molecule has 17 heavy (non-hydrogen) atoms. The normalized spacial score (nSPS) is 13.4. The lowest BCUT2D eigenvalue weighted by Gasteiger charge is -2.23. The van der Waals surface area contributed by atoms with Gasteiger partial charge in [-0.25, -0.2) is 0 Å². The van der Waals surface area contributed by atoms with Gasteiger partial charge in [-0.1, -0.05) is 18.2 Å². The highest BCUT2D eigenvalue weighted by Gasteiger charge is 2.16. The third-order valence-electron chi connectivity index (χ3n) is 3.02. The van der Waals surface area contributed by atoms with Crippen LogP contribution in [0.2, 0.25) is 0 Å². The first kappa shape index (κ1) is 14.0. The van der Waals surface area contributed by atoms with Gasteiger partial charge in [0.2, 0.25) is 0 Å². The molecule has 0 fully saturated rings. The highest BCUT2D eigenvalue weighted by molar-refractivity contribution is 5.21. The molecule has 1 atom stereocenters. The smallest absolute Gasteiger partial charge is 0.119 e. The Morgan fingerprint density at radius 3 is 2.41 bits per heavy atom. The molecule has 0 aromatic heterocycles. The molecule has 0 amide bonds. The Bertz CT molecular complexity index is 306. The fourth-order valence-corrected chi connectivity index (χ4v) is 1.71. The minimum atomic E-state index is -0.0214. The lowest BCUT2D eigenvalue weighted by molar-refractivity contribution is 0.0116. The molecule has 1 unspecified atom stereocenters. The average Bonchev–Trinajstić information content (AvgIpc) is 2.30. The van der Waals surface area contributed by atoms with Crippen molar-refractivity contribution in [3.05, 3.63) is 30.3 Å². The van der Waals surface area contributed by atoms with Crippen molar-refractivity contribution in [2.75, 3.05) is 7.11 Å². The SMILES string of the molecule is COC(C)(C)CCCC(C)Oc1ccccc1. The van der Waals surface area contributed by atoms with E-state index in [-0.39, 0.29) is 11.7 Å². The number of hydrogen-bond donors (Lipinski definition) is 0. The minimum absolute atomic E-state index is 0.0214. The topological polar surface area (TPSA) is 18.5 Å². The van der Waals surface area contributed by atoms with Crippen molar-refractivity contribution < 1.29 is 9.47 Å². The summed E-state index contributed by atoms with van der Waals surface area (Å²) < 4.78 is 11.2. The van der Waals surface area contributed by atoms with Crippen molar-refractivity contribution in [2.45, 2.75) is 51.7 Å². The monoisotopic (exact) mass is 236 g/mol. The van der Waals surface area contributed by atoms with E-state index < -0.39 is 0 Å². The van der Waals surface area contributed by atoms with Crippen LogP contribution in [0.25, 0.3) is 0 Å². The van der Waals surface area contributed by atoms with Crippen LogP contribution < -0.4 is 4.74 Å². The molecule has 1 aromatic rings. The van der Waals surface area contributed by atoms with Crippen molar-refractivity contribution in [3.8, 4) is 5.75 Å². The number of rotatable bonds is 7. The third kappa shape index (κ3) is 5.73. The molecule has 0 bridgehead atoms. The second-order valence-electron chi connectivity index (χ2n) is 5.10. The largest absolute Gasteiger partial charge is 0.491 e. The van der Waals surface area contributed by atoms with Crippen LogP contribution in [-0.4, -0.2) is 18.8 Å². The van der Waals surface area contributed by atoms with Gasteiger partial charge in [0.1, 0.15) is 5.75 Å². The van der Waals surface area contributed by atoms with E-state index in [1.807, 2.05) is 30.3 Å². The molecule has 96 valence electrons. The van der Waals surface area contributed by atoms with Gasteiger partial charge in [0.05, 0.1) is 11.7 Å². The van der Waals surface area contributed by atoms with E-state index in [1.165, 1.54) is 0 Å². The summed E-state index contributed by atoms with van der Waals surface area (Å²) in [6.45, 7) is 6.36. The first-order valence-corrected chi connectivity index (χ1v) is 6.30. The number of ether oxygens (including phenoxy) is 2. The molecule has 1 rings (SSSR count). The van der Waals surface area contributed by atoms with Gasteiger partial charge in [-0.2, -0.15) is 0 Å². The van der Waals surface area contributed by atoms with E-state index in [1.54, 1.807) is 7.11 Å². The van der Waals surface area contributed by atoms with Gasteiger partial charge in [0.15, 0.2) is 0 Å². The van der Waals surface area contributed by atoms with Gasteiger partial charge in [0, 0.05) is 7.11 Å². The molecule has 0 radical (unpaired) electrons.